The summed E-state index contributed by atoms with van der Waals surface area (Å²) in [7, 11) is 0. The summed E-state index contributed by atoms with van der Waals surface area (Å²) in [5.41, 5.74) is 1.81. The third-order valence-electron chi connectivity index (χ3n) is 5.76. The van der Waals surface area contributed by atoms with Crippen LogP contribution in [0.3, 0.4) is 0 Å². The molecule has 7 nitrogen and oxygen atoms in total. The Labute approximate surface area is 167 Å². The van der Waals surface area contributed by atoms with Crippen molar-refractivity contribution in [1.29, 1.82) is 0 Å². The molecule has 7 heteroatoms. The minimum absolute atomic E-state index is 0.0504. The standard InChI is InChI=1S/C22H22N4O3/c27-21(17-10-24-20(13-5-6-13)26-22(17)28)25-19-12-29-11-15(19)9-14-7-8-23-18-4-2-1-3-16(14)18/h1-4,7-8,10,13,15,19H,5-6,9,11-12H2,(H,25,27)(H,24,26,28)/t15-,19+/m1/s1. The van der Waals surface area contributed by atoms with E-state index < -0.39 is 5.91 Å². The van der Waals surface area contributed by atoms with E-state index in [0.717, 1.165) is 30.2 Å². The molecule has 1 aromatic carbocycles. The number of fused-ring (bicyclic) bond motifs is 1. The quantitative estimate of drug-likeness (QED) is 0.696. The number of carbonyl (C=O) groups excluding carboxylic acids is 1. The number of ether oxygens (including phenoxy) is 1. The molecule has 29 heavy (non-hydrogen) atoms. The Morgan fingerprint density at radius 2 is 2.03 bits per heavy atom. The summed E-state index contributed by atoms with van der Waals surface area (Å²) in [5, 5.41) is 4.09. The van der Waals surface area contributed by atoms with Gasteiger partial charge in [0.25, 0.3) is 11.5 Å². The number of nitrogens with one attached hydrogen (secondary N) is 2. The van der Waals surface area contributed by atoms with E-state index in [1.54, 1.807) is 0 Å². The number of amides is 1. The minimum Gasteiger partial charge on any atom is -0.379 e. The Hall–Kier alpha value is -3.06. The van der Waals surface area contributed by atoms with Gasteiger partial charge in [0.1, 0.15) is 11.4 Å². The van der Waals surface area contributed by atoms with Crippen LogP contribution in [0.4, 0.5) is 0 Å². The van der Waals surface area contributed by atoms with Crippen LogP contribution in [0.1, 0.15) is 40.5 Å². The van der Waals surface area contributed by atoms with Gasteiger partial charge >= 0.3 is 0 Å². The molecule has 0 spiro atoms. The van der Waals surface area contributed by atoms with Gasteiger partial charge in [-0.1, -0.05) is 18.2 Å². The maximum absolute atomic E-state index is 12.7. The summed E-state index contributed by atoms with van der Waals surface area (Å²) in [6, 6.07) is 9.90. The fraction of sp³-hybridized carbons (Fsp3) is 0.364. The molecule has 2 aliphatic rings. The van der Waals surface area contributed by atoms with Crippen LogP contribution in [0.25, 0.3) is 10.9 Å². The Morgan fingerprint density at radius 3 is 2.86 bits per heavy atom. The second kappa shape index (κ2) is 7.40. The van der Waals surface area contributed by atoms with Crippen LogP contribution in [-0.4, -0.2) is 40.1 Å². The lowest BCUT2D eigenvalue weighted by atomic mass is 9.93. The van der Waals surface area contributed by atoms with E-state index in [2.05, 4.69) is 26.3 Å². The number of carbonyl (C=O) groups is 1. The smallest absolute Gasteiger partial charge is 0.263 e. The van der Waals surface area contributed by atoms with Gasteiger partial charge in [-0.25, -0.2) is 4.98 Å². The molecule has 148 valence electrons. The summed E-state index contributed by atoms with van der Waals surface area (Å²) in [4.78, 5) is 36.4. The monoisotopic (exact) mass is 390 g/mol. The molecule has 1 amide bonds. The summed E-state index contributed by atoms with van der Waals surface area (Å²) in [6.07, 6.45) is 6.05. The lowest BCUT2D eigenvalue weighted by Gasteiger charge is -2.19. The van der Waals surface area contributed by atoms with Gasteiger partial charge in [0, 0.05) is 29.6 Å². The van der Waals surface area contributed by atoms with Crippen LogP contribution >= 0.6 is 0 Å². The molecule has 1 aliphatic heterocycles. The largest absolute Gasteiger partial charge is 0.379 e. The molecule has 5 rings (SSSR count). The molecule has 1 saturated carbocycles. The number of pyridine rings is 1. The Bertz CT molecular complexity index is 1120. The SMILES string of the molecule is O=C(N[C@H]1COC[C@H]1Cc1ccnc2ccccc12)c1cnc(C2CC2)[nH]c1=O. The number of para-hydroxylation sites is 1. The van der Waals surface area contributed by atoms with E-state index in [-0.39, 0.29) is 23.1 Å². The van der Waals surface area contributed by atoms with Crippen LogP contribution in [0, 0.1) is 5.92 Å². The highest BCUT2D eigenvalue weighted by Gasteiger charge is 2.31. The van der Waals surface area contributed by atoms with Crippen molar-refractivity contribution < 1.29 is 9.53 Å². The van der Waals surface area contributed by atoms with Gasteiger partial charge in [-0.05, 0) is 37.0 Å². The van der Waals surface area contributed by atoms with Gasteiger partial charge in [-0.3, -0.25) is 14.6 Å². The fourth-order valence-electron chi connectivity index (χ4n) is 3.96. The number of hydrogen-bond donors (Lipinski definition) is 2. The molecule has 3 heterocycles. The van der Waals surface area contributed by atoms with Crippen LogP contribution in [0.5, 0.6) is 0 Å². The number of benzene rings is 1. The zero-order valence-electron chi connectivity index (χ0n) is 15.9. The number of H-pyrrole nitrogens is 1. The van der Waals surface area contributed by atoms with Crippen molar-refractivity contribution in [3.8, 4) is 0 Å². The van der Waals surface area contributed by atoms with E-state index >= 15 is 0 Å². The highest BCUT2D eigenvalue weighted by atomic mass is 16.5. The summed E-state index contributed by atoms with van der Waals surface area (Å²) >= 11 is 0. The molecule has 0 unspecified atom stereocenters. The van der Waals surface area contributed by atoms with Gasteiger partial charge in [0.05, 0.1) is 24.8 Å². The Balaban J connectivity index is 1.32. The van der Waals surface area contributed by atoms with E-state index in [1.165, 1.54) is 11.8 Å². The molecule has 2 N–H and O–H groups in total. The lowest BCUT2D eigenvalue weighted by Crippen LogP contribution is -2.42. The van der Waals surface area contributed by atoms with Crippen molar-refractivity contribution in [2.75, 3.05) is 13.2 Å². The van der Waals surface area contributed by atoms with Gasteiger partial charge in [-0.2, -0.15) is 0 Å². The first-order valence-electron chi connectivity index (χ1n) is 9.99. The van der Waals surface area contributed by atoms with Crippen LogP contribution in [-0.2, 0) is 11.2 Å². The van der Waals surface area contributed by atoms with E-state index in [0.29, 0.717) is 25.0 Å². The zero-order chi connectivity index (χ0) is 19.8. The molecule has 1 saturated heterocycles. The Morgan fingerprint density at radius 1 is 1.17 bits per heavy atom. The Kier molecular flexibility index (Phi) is 4.60. The number of hydrogen-bond acceptors (Lipinski definition) is 5. The summed E-state index contributed by atoms with van der Waals surface area (Å²) in [6.45, 7) is 1.00. The van der Waals surface area contributed by atoms with Crippen molar-refractivity contribution in [3.63, 3.8) is 0 Å². The maximum atomic E-state index is 12.7. The maximum Gasteiger partial charge on any atom is 0.263 e. The predicted molar refractivity (Wildman–Crippen MR) is 108 cm³/mol. The number of nitrogens with zero attached hydrogens (tertiary/aromatic N) is 2. The van der Waals surface area contributed by atoms with E-state index in [9.17, 15) is 9.59 Å². The topological polar surface area (TPSA) is 97.0 Å². The van der Waals surface area contributed by atoms with Crippen LogP contribution < -0.4 is 10.9 Å². The molecule has 2 fully saturated rings. The van der Waals surface area contributed by atoms with E-state index in [1.807, 2.05) is 30.5 Å². The second-order valence-corrected chi connectivity index (χ2v) is 7.85. The van der Waals surface area contributed by atoms with Crippen molar-refractivity contribution in [2.24, 2.45) is 5.92 Å². The normalized spacial score (nSPS) is 21.4. The fourth-order valence-corrected chi connectivity index (χ4v) is 3.96. The van der Waals surface area contributed by atoms with Gasteiger partial charge < -0.3 is 15.0 Å². The number of aromatic amines is 1. The molecule has 2 aromatic heterocycles. The lowest BCUT2D eigenvalue weighted by molar-refractivity contribution is 0.0923. The highest BCUT2D eigenvalue weighted by Crippen LogP contribution is 2.37. The molecule has 0 radical (unpaired) electrons. The first-order valence-corrected chi connectivity index (χ1v) is 9.99. The van der Waals surface area contributed by atoms with Crippen LogP contribution in [0.15, 0.2) is 47.5 Å². The van der Waals surface area contributed by atoms with Crippen molar-refractivity contribution in [2.45, 2.75) is 31.2 Å². The number of aromatic nitrogens is 3. The second-order valence-electron chi connectivity index (χ2n) is 7.85. The van der Waals surface area contributed by atoms with Crippen molar-refractivity contribution in [1.82, 2.24) is 20.3 Å². The van der Waals surface area contributed by atoms with Crippen molar-refractivity contribution in [3.05, 3.63) is 70.0 Å². The molecule has 3 aromatic rings. The molecule has 0 bridgehead atoms. The third-order valence-corrected chi connectivity index (χ3v) is 5.76. The van der Waals surface area contributed by atoms with Gasteiger partial charge in [0.15, 0.2) is 0 Å². The van der Waals surface area contributed by atoms with E-state index in [4.69, 9.17) is 4.74 Å². The highest BCUT2D eigenvalue weighted by molar-refractivity contribution is 5.93. The first-order chi connectivity index (χ1) is 14.2. The molecular formula is C22H22N4O3. The van der Waals surface area contributed by atoms with Crippen molar-refractivity contribution >= 4 is 16.8 Å². The minimum atomic E-state index is -0.402. The predicted octanol–water partition coefficient (Wildman–Crippen LogP) is 2.18. The molecule has 2 atom stereocenters. The zero-order valence-corrected chi connectivity index (χ0v) is 15.9. The summed E-state index contributed by atoms with van der Waals surface area (Å²) < 4.78 is 5.65. The molecule has 1 aliphatic carbocycles. The third kappa shape index (κ3) is 3.65. The van der Waals surface area contributed by atoms with Gasteiger partial charge in [-0.15, -0.1) is 0 Å². The van der Waals surface area contributed by atoms with Gasteiger partial charge in [0.2, 0.25) is 0 Å². The average Bonchev–Trinajstić information content (AvgIpc) is 3.50. The number of rotatable bonds is 5. The average molecular weight is 390 g/mol. The van der Waals surface area contributed by atoms with Crippen LogP contribution in [0.2, 0.25) is 0 Å². The first kappa shape index (κ1) is 18.0. The molecular weight excluding hydrogens is 368 g/mol. The summed E-state index contributed by atoms with van der Waals surface area (Å²) in [5.74, 6) is 0.740.